The molecule has 5 rings (SSSR count). The van der Waals surface area contributed by atoms with E-state index in [4.69, 9.17) is 9.84 Å². The molecule has 0 amide bonds. The van der Waals surface area contributed by atoms with E-state index in [-0.39, 0.29) is 0 Å². The van der Waals surface area contributed by atoms with Crippen molar-refractivity contribution in [2.75, 3.05) is 67.2 Å². The predicted molar refractivity (Wildman–Crippen MR) is 117 cm³/mol. The molecule has 8 heteroatoms. The Morgan fingerprint density at radius 2 is 1.40 bits per heavy atom. The lowest BCUT2D eigenvalue weighted by Crippen LogP contribution is -2.48. The molecule has 2 aliphatic heterocycles. The first-order valence-electron chi connectivity index (χ1n) is 10.4. The predicted octanol–water partition coefficient (Wildman–Crippen LogP) is 2.10. The topological polar surface area (TPSA) is 70.5 Å². The van der Waals surface area contributed by atoms with Crippen molar-refractivity contribution in [2.24, 2.45) is 0 Å². The highest BCUT2D eigenvalue weighted by molar-refractivity contribution is 5.73. The zero-order valence-corrected chi connectivity index (χ0v) is 16.9. The smallest absolute Gasteiger partial charge is 0.225 e. The monoisotopic (exact) mass is 403 g/mol. The number of anilines is 3. The van der Waals surface area contributed by atoms with Gasteiger partial charge in [0.2, 0.25) is 5.95 Å². The first-order valence-corrected chi connectivity index (χ1v) is 10.4. The molecular weight excluding hydrogens is 378 g/mol. The normalized spacial score (nSPS) is 17.3. The molecule has 2 aromatic heterocycles. The Balaban J connectivity index is 1.41. The van der Waals surface area contributed by atoms with Crippen molar-refractivity contribution in [1.82, 2.24) is 20.2 Å². The molecule has 0 atom stereocenters. The Bertz CT molecular complexity index is 956. The average molecular weight is 403 g/mol. The van der Waals surface area contributed by atoms with Crippen LogP contribution < -0.4 is 14.7 Å². The minimum atomic E-state index is 0.738. The lowest BCUT2D eigenvalue weighted by Gasteiger charge is -2.38. The highest BCUT2D eigenvalue weighted by Crippen LogP contribution is 2.32. The number of rotatable bonds is 4. The Morgan fingerprint density at radius 1 is 0.700 bits per heavy atom. The summed E-state index contributed by atoms with van der Waals surface area (Å²) in [7, 11) is 0. The summed E-state index contributed by atoms with van der Waals surface area (Å²) in [4.78, 5) is 15.7. The molecule has 2 aliphatic rings. The maximum absolute atomic E-state index is 5.57. The van der Waals surface area contributed by atoms with Gasteiger partial charge in [0.15, 0.2) is 5.82 Å². The molecule has 154 valence electrons. The fraction of sp³-hybridized carbons (Fsp3) is 0.364. The molecule has 2 saturated heterocycles. The van der Waals surface area contributed by atoms with Crippen molar-refractivity contribution in [3.63, 3.8) is 0 Å². The van der Waals surface area contributed by atoms with E-state index < -0.39 is 0 Å². The molecule has 1 aromatic carbocycles. The van der Waals surface area contributed by atoms with Crippen LogP contribution in [0.15, 0.2) is 54.9 Å². The standard InChI is InChI=1S/C22H25N7O/c1-2-5-18(6-3-1)19-17-20(27-13-15-30-16-14-27)21(26-25-19)28-9-11-29(12-10-28)22-23-7-4-8-24-22/h1-8,17H,9-16H2. The SMILES string of the molecule is c1ccc(-c2cc(N3CCOCC3)c(N3CCN(c4ncccn4)CC3)nn2)cc1. The molecule has 0 aliphatic carbocycles. The van der Waals surface area contributed by atoms with Gasteiger partial charge in [0.05, 0.1) is 24.6 Å². The van der Waals surface area contributed by atoms with Crippen LogP contribution in [0, 0.1) is 0 Å². The van der Waals surface area contributed by atoms with E-state index in [1.165, 1.54) is 0 Å². The zero-order valence-electron chi connectivity index (χ0n) is 16.9. The van der Waals surface area contributed by atoms with E-state index in [0.717, 1.165) is 81.2 Å². The number of benzene rings is 1. The molecule has 0 radical (unpaired) electrons. The van der Waals surface area contributed by atoms with Crippen LogP contribution in [0.1, 0.15) is 0 Å². The minimum Gasteiger partial charge on any atom is -0.378 e. The summed E-state index contributed by atoms with van der Waals surface area (Å²) in [6.45, 7) is 6.63. The van der Waals surface area contributed by atoms with Gasteiger partial charge in [-0.05, 0) is 12.1 Å². The second-order valence-corrected chi connectivity index (χ2v) is 7.43. The molecule has 8 nitrogen and oxygen atoms in total. The summed E-state index contributed by atoms with van der Waals surface area (Å²) in [5.74, 6) is 1.74. The van der Waals surface area contributed by atoms with Crippen LogP contribution in [0.5, 0.6) is 0 Å². The van der Waals surface area contributed by atoms with Gasteiger partial charge in [-0.25, -0.2) is 9.97 Å². The molecule has 0 bridgehead atoms. The summed E-state index contributed by atoms with van der Waals surface area (Å²) >= 11 is 0. The number of hydrogen-bond donors (Lipinski definition) is 0. The Hall–Kier alpha value is -3.26. The molecular formula is C22H25N7O. The largest absolute Gasteiger partial charge is 0.378 e. The molecule has 4 heterocycles. The van der Waals surface area contributed by atoms with Gasteiger partial charge in [-0.15, -0.1) is 10.2 Å². The van der Waals surface area contributed by atoms with Gasteiger partial charge >= 0.3 is 0 Å². The van der Waals surface area contributed by atoms with E-state index in [1.807, 2.05) is 24.3 Å². The van der Waals surface area contributed by atoms with Crippen LogP contribution in [0.25, 0.3) is 11.3 Å². The zero-order chi connectivity index (χ0) is 20.2. The van der Waals surface area contributed by atoms with Crippen LogP contribution in [0.4, 0.5) is 17.5 Å². The maximum Gasteiger partial charge on any atom is 0.225 e. The Kier molecular flexibility index (Phi) is 5.39. The molecule has 30 heavy (non-hydrogen) atoms. The van der Waals surface area contributed by atoms with Crippen LogP contribution in [0.3, 0.4) is 0 Å². The van der Waals surface area contributed by atoms with Gasteiger partial charge in [-0.1, -0.05) is 30.3 Å². The van der Waals surface area contributed by atoms with Crippen molar-refractivity contribution in [2.45, 2.75) is 0 Å². The van der Waals surface area contributed by atoms with Gasteiger partial charge in [-0.3, -0.25) is 0 Å². The van der Waals surface area contributed by atoms with E-state index >= 15 is 0 Å². The maximum atomic E-state index is 5.57. The fourth-order valence-corrected chi connectivity index (χ4v) is 3.96. The van der Waals surface area contributed by atoms with E-state index in [0.29, 0.717) is 0 Å². The van der Waals surface area contributed by atoms with Crippen molar-refractivity contribution in [3.05, 3.63) is 54.9 Å². The van der Waals surface area contributed by atoms with E-state index in [9.17, 15) is 0 Å². The number of hydrogen-bond acceptors (Lipinski definition) is 8. The molecule has 2 fully saturated rings. The van der Waals surface area contributed by atoms with Gasteiger partial charge in [0.1, 0.15) is 0 Å². The quantitative estimate of drug-likeness (QED) is 0.656. The van der Waals surface area contributed by atoms with Gasteiger partial charge in [0, 0.05) is 57.2 Å². The number of aromatic nitrogens is 4. The summed E-state index contributed by atoms with van der Waals surface area (Å²) in [6.07, 6.45) is 3.58. The third-order valence-corrected chi connectivity index (χ3v) is 5.59. The summed E-state index contributed by atoms with van der Waals surface area (Å²) < 4.78 is 5.57. The van der Waals surface area contributed by atoms with Gasteiger partial charge in [-0.2, -0.15) is 0 Å². The van der Waals surface area contributed by atoms with Gasteiger partial charge < -0.3 is 19.4 Å². The van der Waals surface area contributed by atoms with Crippen LogP contribution in [-0.4, -0.2) is 72.6 Å². The number of morpholine rings is 1. The average Bonchev–Trinajstić information content (AvgIpc) is 2.85. The highest BCUT2D eigenvalue weighted by Gasteiger charge is 2.25. The van der Waals surface area contributed by atoms with Crippen LogP contribution in [-0.2, 0) is 4.74 Å². The van der Waals surface area contributed by atoms with Crippen molar-refractivity contribution >= 4 is 17.5 Å². The first kappa shape index (κ1) is 18.7. The number of piperazine rings is 1. The van der Waals surface area contributed by atoms with E-state index in [2.05, 4.69) is 48.0 Å². The van der Waals surface area contributed by atoms with Crippen molar-refractivity contribution in [3.8, 4) is 11.3 Å². The Morgan fingerprint density at radius 3 is 2.13 bits per heavy atom. The molecule has 3 aromatic rings. The summed E-state index contributed by atoms with van der Waals surface area (Å²) in [6, 6.07) is 14.3. The van der Waals surface area contributed by atoms with E-state index in [1.54, 1.807) is 12.4 Å². The summed E-state index contributed by atoms with van der Waals surface area (Å²) in [5, 5.41) is 9.26. The molecule has 0 spiro atoms. The Labute approximate surface area is 176 Å². The first-order chi connectivity index (χ1) is 14.9. The molecule has 0 saturated carbocycles. The number of ether oxygens (including phenoxy) is 1. The third kappa shape index (κ3) is 3.91. The summed E-state index contributed by atoms with van der Waals surface area (Å²) in [5.41, 5.74) is 3.12. The molecule has 0 N–H and O–H groups in total. The second-order valence-electron chi connectivity index (χ2n) is 7.43. The van der Waals surface area contributed by atoms with Crippen LogP contribution >= 0.6 is 0 Å². The lowest BCUT2D eigenvalue weighted by atomic mass is 10.1. The highest BCUT2D eigenvalue weighted by atomic mass is 16.5. The number of nitrogens with zero attached hydrogens (tertiary/aromatic N) is 7. The van der Waals surface area contributed by atoms with Crippen LogP contribution in [0.2, 0.25) is 0 Å². The second kappa shape index (κ2) is 8.62. The lowest BCUT2D eigenvalue weighted by molar-refractivity contribution is 0.122. The van der Waals surface area contributed by atoms with Crippen molar-refractivity contribution in [1.29, 1.82) is 0 Å². The minimum absolute atomic E-state index is 0.738. The fourth-order valence-electron chi connectivity index (χ4n) is 3.96. The third-order valence-electron chi connectivity index (χ3n) is 5.59. The molecule has 0 unspecified atom stereocenters. The van der Waals surface area contributed by atoms with Crippen molar-refractivity contribution < 1.29 is 4.74 Å². The van der Waals surface area contributed by atoms with Gasteiger partial charge in [0.25, 0.3) is 0 Å².